The zero-order chi connectivity index (χ0) is 24.0. The number of anilines is 1. The van der Waals surface area contributed by atoms with E-state index in [0.29, 0.717) is 48.9 Å². The summed E-state index contributed by atoms with van der Waals surface area (Å²) in [7, 11) is -2.45. The summed E-state index contributed by atoms with van der Waals surface area (Å²) in [5.41, 5.74) is 1.48. The van der Waals surface area contributed by atoms with E-state index >= 15 is 0 Å². The monoisotopic (exact) mass is 476 g/mol. The Morgan fingerprint density at radius 2 is 1.79 bits per heavy atom. The van der Waals surface area contributed by atoms with Crippen LogP contribution in [0.2, 0.25) is 0 Å². The standard InChI is InChI=1S/C24H36N4O4S/c1-17(2)15-19(16-25)26-24(30)21-5-3-4-6-22(21)27-23(29)18-7-9-20(10-8-18)28-11-13-33(31,32)14-12-28/h7-10,17,19,21-22,31-32H,3-6,11-15H2,1-2H3,(H,26,30)(H,27,29)/t19-,21+,22-/m0/s1. The topological polar surface area (TPSA) is 126 Å². The van der Waals surface area contributed by atoms with Crippen molar-refractivity contribution in [1.29, 1.82) is 5.26 Å². The summed E-state index contributed by atoms with van der Waals surface area (Å²) in [5.74, 6) is 0.338. The molecule has 0 unspecified atom stereocenters. The second kappa shape index (κ2) is 11.2. The van der Waals surface area contributed by atoms with Crippen LogP contribution < -0.4 is 15.5 Å². The molecule has 4 N–H and O–H groups in total. The van der Waals surface area contributed by atoms with E-state index in [4.69, 9.17) is 0 Å². The van der Waals surface area contributed by atoms with Crippen LogP contribution >= 0.6 is 10.6 Å². The Bertz CT molecular complexity index is 858. The Labute approximate surface area is 198 Å². The third-order valence-corrected chi connectivity index (χ3v) is 8.14. The Kier molecular flexibility index (Phi) is 8.63. The predicted molar refractivity (Wildman–Crippen MR) is 131 cm³/mol. The molecule has 8 nitrogen and oxygen atoms in total. The zero-order valence-electron chi connectivity index (χ0n) is 19.5. The zero-order valence-corrected chi connectivity index (χ0v) is 20.3. The van der Waals surface area contributed by atoms with Crippen molar-refractivity contribution in [3.63, 3.8) is 0 Å². The molecule has 0 bridgehead atoms. The molecule has 2 fully saturated rings. The first-order chi connectivity index (χ1) is 15.7. The minimum absolute atomic E-state index is 0.154. The molecule has 0 radical (unpaired) electrons. The summed E-state index contributed by atoms with van der Waals surface area (Å²) in [6.07, 6.45) is 3.93. The van der Waals surface area contributed by atoms with Gasteiger partial charge in [-0.25, -0.2) is 0 Å². The van der Waals surface area contributed by atoms with Crippen LogP contribution in [0.3, 0.4) is 0 Å². The Balaban J connectivity index is 1.59. The van der Waals surface area contributed by atoms with Crippen LogP contribution in [0.5, 0.6) is 0 Å². The third kappa shape index (κ3) is 7.10. The van der Waals surface area contributed by atoms with E-state index in [1.54, 1.807) is 12.1 Å². The molecule has 1 heterocycles. The molecular weight excluding hydrogens is 440 g/mol. The van der Waals surface area contributed by atoms with Gasteiger partial charge in [0.05, 0.1) is 23.5 Å². The first-order valence-electron chi connectivity index (χ1n) is 11.8. The molecule has 3 atom stereocenters. The lowest BCUT2D eigenvalue weighted by atomic mass is 9.83. The van der Waals surface area contributed by atoms with E-state index < -0.39 is 16.6 Å². The fourth-order valence-electron chi connectivity index (χ4n) is 4.57. The molecule has 3 rings (SSSR count). The molecule has 9 heteroatoms. The van der Waals surface area contributed by atoms with Crippen LogP contribution in [0.1, 0.15) is 56.3 Å². The fraction of sp³-hybridized carbons (Fsp3) is 0.625. The molecule has 1 saturated carbocycles. The molecule has 2 aliphatic rings. The number of hydrogen-bond donors (Lipinski definition) is 4. The predicted octanol–water partition coefficient (Wildman–Crippen LogP) is 3.60. The number of hydrogen-bond acceptors (Lipinski definition) is 6. The molecular formula is C24H36N4O4S. The normalized spacial score (nSPS) is 24.4. The van der Waals surface area contributed by atoms with Gasteiger partial charge in [0.1, 0.15) is 6.04 Å². The van der Waals surface area contributed by atoms with Gasteiger partial charge in [0.25, 0.3) is 5.91 Å². The molecule has 1 aromatic carbocycles. The maximum absolute atomic E-state index is 12.9. The number of nitriles is 1. The second-order valence-corrected chi connectivity index (χ2v) is 12.0. The molecule has 0 spiro atoms. The van der Waals surface area contributed by atoms with Crippen molar-refractivity contribution in [1.82, 2.24) is 10.6 Å². The SMILES string of the molecule is CC(C)C[C@@H](C#N)NC(=O)[C@@H]1CCCC[C@@H]1NC(=O)c1ccc(N2CCS(O)(O)CC2)cc1. The van der Waals surface area contributed by atoms with E-state index in [-0.39, 0.29) is 23.8 Å². The molecule has 33 heavy (non-hydrogen) atoms. The average Bonchev–Trinajstić information content (AvgIpc) is 2.78. The van der Waals surface area contributed by atoms with E-state index in [9.17, 15) is 24.0 Å². The smallest absolute Gasteiger partial charge is 0.251 e. The summed E-state index contributed by atoms with van der Waals surface area (Å²) < 4.78 is 19.6. The van der Waals surface area contributed by atoms with Crippen LogP contribution in [0.15, 0.2) is 24.3 Å². The van der Waals surface area contributed by atoms with Gasteiger partial charge in [0, 0.05) is 30.4 Å². The van der Waals surface area contributed by atoms with Crippen LogP contribution in [0, 0.1) is 23.2 Å². The first kappa shape index (κ1) is 25.3. The van der Waals surface area contributed by atoms with Crippen molar-refractivity contribution in [2.75, 3.05) is 29.5 Å². The highest BCUT2D eigenvalue weighted by Crippen LogP contribution is 2.41. The summed E-state index contributed by atoms with van der Waals surface area (Å²) in [6.45, 7) is 5.19. The minimum atomic E-state index is -2.45. The molecule has 1 aliphatic carbocycles. The molecule has 1 saturated heterocycles. The van der Waals surface area contributed by atoms with Gasteiger partial charge in [-0.1, -0.05) is 26.7 Å². The third-order valence-electron chi connectivity index (χ3n) is 6.47. The summed E-state index contributed by atoms with van der Waals surface area (Å²) in [4.78, 5) is 27.9. The molecule has 182 valence electrons. The summed E-state index contributed by atoms with van der Waals surface area (Å²) in [5, 5.41) is 15.3. The lowest BCUT2D eigenvalue weighted by molar-refractivity contribution is -0.127. The van der Waals surface area contributed by atoms with Crippen molar-refractivity contribution < 1.29 is 18.7 Å². The maximum Gasteiger partial charge on any atom is 0.251 e. The van der Waals surface area contributed by atoms with Gasteiger partial charge >= 0.3 is 0 Å². The quantitative estimate of drug-likeness (QED) is 0.476. The van der Waals surface area contributed by atoms with Crippen molar-refractivity contribution in [2.24, 2.45) is 11.8 Å². The van der Waals surface area contributed by atoms with Crippen LogP contribution in [-0.4, -0.2) is 57.6 Å². The van der Waals surface area contributed by atoms with Gasteiger partial charge in [0.15, 0.2) is 0 Å². The number of carbonyl (C=O) groups is 2. The van der Waals surface area contributed by atoms with Gasteiger partial charge in [-0.05, 0) is 49.4 Å². The van der Waals surface area contributed by atoms with Gasteiger partial charge in [-0.3, -0.25) is 18.7 Å². The average molecular weight is 477 g/mol. The maximum atomic E-state index is 12.9. The van der Waals surface area contributed by atoms with E-state index in [2.05, 4.69) is 21.6 Å². The number of nitrogens with one attached hydrogen (secondary N) is 2. The highest BCUT2D eigenvalue weighted by atomic mass is 32.3. The van der Waals surface area contributed by atoms with Crippen LogP contribution in [-0.2, 0) is 4.79 Å². The second-order valence-electron chi connectivity index (χ2n) is 9.54. The van der Waals surface area contributed by atoms with Crippen molar-refractivity contribution in [3.8, 4) is 6.07 Å². The molecule has 1 aliphatic heterocycles. The Morgan fingerprint density at radius 1 is 1.15 bits per heavy atom. The molecule has 0 aromatic heterocycles. The largest absolute Gasteiger partial charge is 0.368 e. The highest BCUT2D eigenvalue weighted by molar-refractivity contribution is 8.24. The van der Waals surface area contributed by atoms with Crippen molar-refractivity contribution >= 4 is 28.1 Å². The number of carbonyl (C=O) groups excluding carboxylic acids is 2. The molecule has 2 amide bonds. The number of benzene rings is 1. The first-order valence-corrected chi connectivity index (χ1v) is 13.7. The highest BCUT2D eigenvalue weighted by Gasteiger charge is 2.33. The lowest BCUT2D eigenvalue weighted by Crippen LogP contribution is -2.50. The number of rotatable bonds is 7. The minimum Gasteiger partial charge on any atom is -0.368 e. The van der Waals surface area contributed by atoms with Crippen LogP contribution in [0.25, 0.3) is 0 Å². The van der Waals surface area contributed by atoms with Crippen LogP contribution in [0.4, 0.5) is 5.69 Å². The van der Waals surface area contributed by atoms with Gasteiger partial charge in [0.2, 0.25) is 5.91 Å². The van der Waals surface area contributed by atoms with Crippen molar-refractivity contribution in [3.05, 3.63) is 29.8 Å². The van der Waals surface area contributed by atoms with Gasteiger partial charge < -0.3 is 15.5 Å². The number of amides is 2. The van der Waals surface area contributed by atoms with Gasteiger partial charge in [-0.15, -0.1) is 0 Å². The van der Waals surface area contributed by atoms with Gasteiger partial charge in [-0.2, -0.15) is 15.9 Å². The van der Waals surface area contributed by atoms with E-state index in [1.807, 2.05) is 26.0 Å². The number of nitrogens with zero attached hydrogens (tertiary/aromatic N) is 2. The van der Waals surface area contributed by atoms with E-state index in [1.165, 1.54) is 0 Å². The molecule has 1 aromatic rings. The lowest BCUT2D eigenvalue weighted by Gasteiger charge is -2.41. The summed E-state index contributed by atoms with van der Waals surface area (Å²) >= 11 is 0. The Hall–Kier alpha value is -2.28. The Morgan fingerprint density at radius 3 is 2.39 bits per heavy atom. The van der Waals surface area contributed by atoms with Crippen molar-refractivity contribution in [2.45, 2.75) is 58.0 Å². The summed E-state index contributed by atoms with van der Waals surface area (Å²) in [6, 6.07) is 8.69. The van der Waals surface area contributed by atoms with E-state index in [0.717, 1.165) is 24.9 Å². The fourth-order valence-corrected chi connectivity index (χ4v) is 5.80.